The van der Waals surface area contributed by atoms with Gasteiger partial charge >= 0.3 is 0 Å². The molecule has 2 heterocycles. The Morgan fingerprint density at radius 1 is 1.35 bits per heavy atom. The van der Waals surface area contributed by atoms with Gasteiger partial charge in [-0.15, -0.1) is 0 Å². The van der Waals surface area contributed by atoms with Crippen LogP contribution in [0.5, 0.6) is 0 Å². The second kappa shape index (κ2) is 4.87. The zero-order valence-corrected chi connectivity index (χ0v) is 10.6. The van der Waals surface area contributed by atoms with Gasteiger partial charge in [0.1, 0.15) is 0 Å². The number of oxazole rings is 1. The molecule has 1 amide bonds. The number of rotatable bonds is 2. The molecule has 0 saturated carbocycles. The second-order valence-electron chi connectivity index (χ2n) is 4.82. The number of hydrogen-bond acceptors (Lipinski definition) is 4. The molecule has 1 saturated heterocycles. The van der Waals surface area contributed by atoms with Gasteiger partial charge in [-0.2, -0.15) is 0 Å². The van der Waals surface area contributed by atoms with Gasteiger partial charge in [-0.05, 0) is 13.0 Å². The number of amides is 1. The van der Waals surface area contributed by atoms with E-state index in [2.05, 4.69) is 16.9 Å². The van der Waals surface area contributed by atoms with E-state index < -0.39 is 0 Å². The van der Waals surface area contributed by atoms with Crippen LogP contribution in [0.2, 0.25) is 0 Å². The van der Waals surface area contributed by atoms with Crippen molar-refractivity contribution in [3.63, 3.8) is 0 Å². The van der Waals surface area contributed by atoms with E-state index in [1.54, 1.807) is 0 Å². The van der Waals surface area contributed by atoms with Crippen LogP contribution in [0.4, 0.5) is 0 Å². The molecule has 0 bridgehead atoms. The van der Waals surface area contributed by atoms with E-state index in [0.717, 1.165) is 31.9 Å². The van der Waals surface area contributed by atoms with E-state index in [9.17, 15) is 4.79 Å². The molecule has 1 fully saturated rings. The Balaban J connectivity index is 2.11. The van der Waals surface area contributed by atoms with Gasteiger partial charge in [0.05, 0.1) is 5.69 Å². The molecule has 1 aromatic rings. The lowest BCUT2D eigenvalue weighted by atomic mass is 10.1. The van der Waals surface area contributed by atoms with Gasteiger partial charge in [-0.25, -0.2) is 4.98 Å². The maximum absolute atomic E-state index is 12.3. The predicted molar refractivity (Wildman–Crippen MR) is 64.0 cm³/mol. The lowest BCUT2D eigenvalue weighted by Crippen LogP contribution is -2.47. The predicted octanol–water partition coefficient (Wildman–Crippen LogP) is 1.19. The van der Waals surface area contributed by atoms with Crippen molar-refractivity contribution in [1.82, 2.24) is 14.8 Å². The van der Waals surface area contributed by atoms with Crippen LogP contribution in [0.15, 0.2) is 10.8 Å². The molecule has 0 unspecified atom stereocenters. The third-order valence-corrected chi connectivity index (χ3v) is 3.13. The zero-order chi connectivity index (χ0) is 12.4. The average Bonchev–Trinajstić information content (AvgIpc) is 2.78. The molecular weight excluding hydrogens is 218 g/mol. The summed E-state index contributed by atoms with van der Waals surface area (Å²) in [6.45, 7) is 7.37. The third-order valence-electron chi connectivity index (χ3n) is 3.13. The van der Waals surface area contributed by atoms with Gasteiger partial charge in [-0.3, -0.25) is 4.79 Å². The van der Waals surface area contributed by atoms with E-state index in [-0.39, 0.29) is 11.8 Å². The first-order valence-electron chi connectivity index (χ1n) is 6.00. The normalized spacial score (nSPS) is 17.8. The Bertz CT molecular complexity index is 392. The lowest BCUT2D eigenvalue weighted by Gasteiger charge is -2.31. The number of carbonyl (C=O) groups excluding carboxylic acids is 1. The summed E-state index contributed by atoms with van der Waals surface area (Å²) in [5.74, 6) is 0.587. The van der Waals surface area contributed by atoms with E-state index in [4.69, 9.17) is 4.42 Å². The molecular formula is C12H19N3O2. The standard InChI is InChI=1S/C12H19N3O2/c1-9(2)10-11(17-8-13-10)12(16)15-6-4-14(3)5-7-15/h8-9H,4-7H2,1-3H3. The number of hydrogen-bond donors (Lipinski definition) is 0. The van der Waals surface area contributed by atoms with Crippen molar-refractivity contribution < 1.29 is 9.21 Å². The van der Waals surface area contributed by atoms with E-state index in [1.807, 2.05) is 18.7 Å². The summed E-state index contributed by atoms with van der Waals surface area (Å²) >= 11 is 0. The van der Waals surface area contributed by atoms with Gasteiger partial charge in [0.25, 0.3) is 5.91 Å². The molecule has 0 radical (unpaired) electrons. The molecule has 0 N–H and O–H groups in total. The first-order chi connectivity index (χ1) is 8.09. The zero-order valence-electron chi connectivity index (χ0n) is 10.6. The molecule has 94 valence electrons. The van der Waals surface area contributed by atoms with E-state index in [1.165, 1.54) is 6.39 Å². The van der Waals surface area contributed by atoms with Crippen LogP contribution in [-0.2, 0) is 0 Å². The monoisotopic (exact) mass is 237 g/mol. The molecule has 1 aromatic heterocycles. The van der Waals surface area contributed by atoms with Crippen LogP contribution in [0.1, 0.15) is 36.0 Å². The molecule has 0 spiro atoms. The van der Waals surface area contributed by atoms with E-state index >= 15 is 0 Å². The summed E-state index contributed by atoms with van der Waals surface area (Å²) < 4.78 is 5.25. The third kappa shape index (κ3) is 2.49. The molecule has 0 aromatic carbocycles. The molecule has 5 nitrogen and oxygen atoms in total. The fourth-order valence-corrected chi connectivity index (χ4v) is 1.98. The molecule has 2 rings (SSSR count). The Kier molecular flexibility index (Phi) is 3.47. The van der Waals surface area contributed by atoms with Crippen molar-refractivity contribution in [3.05, 3.63) is 17.8 Å². The van der Waals surface area contributed by atoms with Crippen molar-refractivity contribution in [2.24, 2.45) is 0 Å². The number of aromatic nitrogens is 1. The summed E-state index contributed by atoms with van der Waals surface area (Å²) in [6.07, 6.45) is 1.36. The number of nitrogens with zero attached hydrogens (tertiary/aromatic N) is 3. The molecule has 0 aliphatic carbocycles. The van der Waals surface area contributed by atoms with Crippen molar-refractivity contribution in [1.29, 1.82) is 0 Å². The van der Waals surface area contributed by atoms with Crippen LogP contribution >= 0.6 is 0 Å². The van der Waals surface area contributed by atoms with Gasteiger partial charge < -0.3 is 14.2 Å². The summed E-state index contributed by atoms with van der Waals surface area (Å²) in [5.41, 5.74) is 0.758. The average molecular weight is 237 g/mol. The molecule has 0 atom stereocenters. The SMILES string of the molecule is CC(C)c1ncoc1C(=O)N1CCN(C)CC1. The van der Waals surface area contributed by atoms with Crippen LogP contribution in [-0.4, -0.2) is 53.9 Å². The first kappa shape index (κ1) is 12.1. The fourth-order valence-electron chi connectivity index (χ4n) is 1.98. The smallest absolute Gasteiger partial charge is 0.291 e. The van der Waals surface area contributed by atoms with Crippen molar-refractivity contribution in [2.75, 3.05) is 33.2 Å². The number of likely N-dealkylation sites (N-methyl/N-ethyl adjacent to an activating group) is 1. The first-order valence-corrected chi connectivity index (χ1v) is 6.00. The van der Waals surface area contributed by atoms with Crippen molar-refractivity contribution >= 4 is 5.91 Å². The Labute approximate surface area is 101 Å². The minimum absolute atomic E-state index is 0.0284. The number of carbonyl (C=O) groups is 1. The minimum atomic E-state index is -0.0284. The molecule has 17 heavy (non-hydrogen) atoms. The lowest BCUT2D eigenvalue weighted by molar-refractivity contribution is 0.0630. The maximum atomic E-state index is 12.3. The van der Waals surface area contributed by atoms with Crippen LogP contribution in [0.25, 0.3) is 0 Å². The Morgan fingerprint density at radius 3 is 2.59 bits per heavy atom. The van der Waals surface area contributed by atoms with Gasteiger partial charge in [0.2, 0.25) is 5.76 Å². The summed E-state index contributed by atoms with van der Waals surface area (Å²) in [5, 5.41) is 0. The molecule has 5 heteroatoms. The van der Waals surface area contributed by atoms with Crippen molar-refractivity contribution in [2.45, 2.75) is 19.8 Å². The topological polar surface area (TPSA) is 49.6 Å². The van der Waals surface area contributed by atoms with Gasteiger partial charge in [0, 0.05) is 26.2 Å². The summed E-state index contributed by atoms with van der Waals surface area (Å²) in [4.78, 5) is 20.4. The minimum Gasteiger partial charge on any atom is -0.438 e. The second-order valence-corrected chi connectivity index (χ2v) is 4.82. The van der Waals surface area contributed by atoms with Crippen molar-refractivity contribution in [3.8, 4) is 0 Å². The Morgan fingerprint density at radius 2 is 2.00 bits per heavy atom. The molecule has 1 aliphatic heterocycles. The highest BCUT2D eigenvalue weighted by Crippen LogP contribution is 2.19. The fraction of sp³-hybridized carbons (Fsp3) is 0.667. The highest BCUT2D eigenvalue weighted by molar-refractivity contribution is 5.92. The maximum Gasteiger partial charge on any atom is 0.291 e. The number of piperazine rings is 1. The highest BCUT2D eigenvalue weighted by atomic mass is 16.3. The summed E-state index contributed by atoms with van der Waals surface area (Å²) in [7, 11) is 2.07. The largest absolute Gasteiger partial charge is 0.438 e. The van der Waals surface area contributed by atoms with Crippen LogP contribution in [0.3, 0.4) is 0 Å². The Hall–Kier alpha value is -1.36. The van der Waals surface area contributed by atoms with Gasteiger partial charge in [-0.1, -0.05) is 13.8 Å². The van der Waals surface area contributed by atoms with Gasteiger partial charge in [0.15, 0.2) is 6.39 Å². The van der Waals surface area contributed by atoms with Crippen LogP contribution in [0, 0.1) is 0 Å². The van der Waals surface area contributed by atoms with Crippen LogP contribution < -0.4 is 0 Å². The molecule has 1 aliphatic rings. The summed E-state index contributed by atoms with van der Waals surface area (Å²) in [6, 6.07) is 0. The highest BCUT2D eigenvalue weighted by Gasteiger charge is 2.26. The quantitative estimate of drug-likeness (QED) is 0.775. The van der Waals surface area contributed by atoms with E-state index in [0.29, 0.717) is 5.76 Å².